The molecule has 0 saturated heterocycles. The standard InChI is InChI=1S/C10H13BrN2/c1-2-7-5-9(7)13-10-6-8(11)3-4-12-10/h3-4,6-7,9H,2,5H2,1H3,(H,12,13). The fourth-order valence-corrected chi connectivity index (χ4v) is 1.88. The molecule has 13 heavy (non-hydrogen) atoms. The molecule has 3 heteroatoms. The van der Waals surface area contributed by atoms with Gasteiger partial charge in [0.1, 0.15) is 5.82 Å². The van der Waals surface area contributed by atoms with Crippen LogP contribution in [0.15, 0.2) is 22.8 Å². The van der Waals surface area contributed by atoms with Gasteiger partial charge in [0.2, 0.25) is 0 Å². The van der Waals surface area contributed by atoms with Crippen molar-refractivity contribution < 1.29 is 0 Å². The molecule has 1 fully saturated rings. The van der Waals surface area contributed by atoms with E-state index in [0.717, 1.165) is 16.2 Å². The van der Waals surface area contributed by atoms with Gasteiger partial charge in [0.25, 0.3) is 0 Å². The van der Waals surface area contributed by atoms with Gasteiger partial charge in [0.15, 0.2) is 0 Å². The largest absolute Gasteiger partial charge is 0.367 e. The molecule has 1 aromatic rings. The van der Waals surface area contributed by atoms with Crippen LogP contribution in [0.2, 0.25) is 0 Å². The highest BCUT2D eigenvalue weighted by atomic mass is 79.9. The Balaban J connectivity index is 1.95. The molecule has 0 aromatic carbocycles. The van der Waals surface area contributed by atoms with E-state index in [1.165, 1.54) is 12.8 Å². The first kappa shape index (κ1) is 9.00. The fourth-order valence-electron chi connectivity index (χ4n) is 1.55. The molecule has 0 bridgehead atoms. The zero-order valence-electron chi connectivity index (χ0n) is 7.63. The Morgan fingerprint density at radius 1 is 1.69 bits per heavy atom. The predicted octanol–water partition coefficient (Wildman–Crippen LogP) is 3.05. The van der Waals surface area contributed by atoms with Crippen LogP contribution in [0.4, 0.5) is 5.82 Å². The van der Waals surface area contributed by atoms with Crippen molar-refractivity contribution in [2.45, 2.75) is 25.8 Å². The van der Waals surface area contributed by atoms with Gasteiger partial charge in [0, 0.05) is 16.7 Å². The molecule has 2 atom stereocenters. The minimum absolute atomic E-state index is 0.659. The minimum atomic E-state index is 0.659. The molecule has 2 unspecified atom stereocenters. The van der Waals surface area contributed by atoms with Crippen molar-refractivity contribution in [3.8, 4) is 0 Å². The van der Waals surface area contributed by atoms with Crippen molar-refractivity contribution in [2.75, 3.05) is 5.32 Å². The minimum Gasteiger partial charge on any atom is -0.367 e. The van der Waals surface area contributed by atoms with Gasteiger partial charge in [-0.25, -0.2) is 4.98 Å². The molecule has 0 radical (unpaired) electrons. The second-order valence-electron chi connectivity index (χ2n) is 3.51. The first-order chi connectivity index (χ1) is 6.29. The Bertz CT molecular complexity index is 301. The summed E-state index contributed by atoms with van der Waals surface area (Å²) in [7, 11) is 0. The van der Waals surface area contributed by atoms with Crippen molar-refractivity contribution >= 4 is 21.7 Å². The van der Waals surface area contributed by atoms with Crippen molar-refractivity contribution in [2.24, 2.45) is 5.92 Å². The molecular formula is C10H13BrN2. The molecular weight excluding hydrogens is 228 g/mol. The number of aromatic nitrogens is 1. The summed E-state index contributed by atoms with van der Waals surface area (Å²) < 4.78 is 1.08. The van der Waals surface area contributed by atoms with E-state index in [1.807, 2.05) is 18.3 Å². The van der Waals surface area contributed by atoms with Crippen LogP contribution < -0.4 is 5.32 Å². The van der Waals surface area contributed by atoms with Gasteiger partial charge in [0.05, 0.1) is 0 Å². The number of nitrogens with zero attached hydrogens (tertiary/aromatic N) is 1. The van der Waals surface area contributed by atoms with E-state index < -0.39 is 0 Å². The molecule has 1 heterocycles. The summed E-state index contributed by atoms with van der Waals surface area (Å²) in [6.45, 7) is 2.24. The molecule has 1 saturated carbocycles. The zero-order chi connectivity index (χ0) is 9.26. The Labute approximate surface area is 86.9 Å². The monoisotopic (exact) mass is 240 g/mol. The summed E-state index contributed by atoms with van der Waals surface area (Å²) in [6, 6.07) is 4.62. The van der Waals surface area contributed by atoms with Crippen molar-refractivity contribution in [1.82, 2.24) is 4.98 Å². The van der Waals surface area contributed by atoms with Crippen molar-refractivity contribution in [3.63, 3.8) is 0 Å². The average molecular weight is 241 g/mol. The maximum absolute atomic E-state index is 4.25. The highest BCUT2D eigenvalue weighted by Gasteiger charge is 2.35. The third-order valence-electron chi connectivity index (χ3n) is 2.50. The van der Waals surface area contributed by atoms with Gasteiger partial charge in [-0.15, -0.1) is 0 Å². The Morgan fingerprint density at radius 3 is 3.15 bits per heavy atom. The van der Waals surface area contributed by atoms with E-state index in [1.54, 1.807) is 0 Å². The van der Waals surface area contributed by atoms with E-state index >= 15 is 0 Å². The first-order valence-electron chi connectivity index (χ1n) is 4.67. The van der Waals surface area contributed by atoms with E-state index in [9.17, 15) is 0 Å². The lowest BCUT2D eigenvalue weighted by Gasteiger charge is -2.03. The molecule has 1 aromatic heterocycles. The number of anilines is 1. The number of nitrogens with one attached hydrogen (secondary N) is 1. The molecule has 0 amide bonds. The van der Waals surface area contributed by atoms with E-state index in [2.05, 4.69) is 33.2 Å². The van der Waals surface area contributed by atoms with E-state index in [-0.39, 0.29) is 0 Å². The summed E-state index contributed by atoms with van der Waals surface area (Å²) in [4.78, 5) is 4.25. The fraction of sp³-hybridized carbons (Fsp3) is 0.500. The van der Waals surface area contributed by atoms with Crippen LogP contribution in [0.3, 0.4) is 0 Å². The number of pyridine rings is 1. The lowest BCUT2D eigenvalue weighted by atomic mass is 10.3. The molecule has 1 N–H and O–H groups in total. The highest BCUT2D eigenvalue weighted by molar-refractivity contribution is 9.10. The summed E-state index contributed by atoms with van der Waals surface area (Å²) in [5.41, 5.74) is 0. The smallest absolute Gasteiger partial charge is 0.127 e. The second-order valence-corrected chi connectivity index (χ2v) is 4.43. The van der Waals surface area contributed by atoms with Gasteiger partial charge in [-0.2, -0.15) is 0 Å². The van der Waals surface area contributed by atoms with Crippen LogP contribution in [-0.4, -0.2) is 11.0 Å². The van der Waals surface area contributed by atoms with Gasteiger partial charge in [-0.3, -0.25) is 0 Å². The van der Waals surface area contributed by atoms with Gasteiger partial charge < -0.3 is 5.32 Å². The van der Waals surface area contributed by atoms with Gasteiger partial charge in [-0.1, -0.05) is 29.3 Å². The Hall–Kier alpha value is -0.570. The van der Waals surface area contributed by atoms with Crippen LogP contribution in [0, 0.1) is 5.92 Å². The quantitative estimate of drug-likeness (QED) is 0.879. The van der Waals surface area contributed by atoms with Crippen molar-refractivity contribution in [3.05, 3.63) is 22.8 Å². The Morgan fingerprint density at radius 2 is 2.54 bits per heavy atom. The molecule has 1 aliphatic rings. The molecule has 1 aliphatic carbocycles. The van der Waals surface area contributed by atoms with Crippen LogP contribution in [0.1, 0.15) is 19.8 Å². The number of halogens is 1. The molecule has 0 aliphatic heterocycles. The molecule has 0 spiro atoms. The summed E-state index contributed by atoms with van der Waals surface area (Å²) in [6.07, 6.45) is 4.38. The van der Waals surface area contributed by atoms with E-state index in [4.69, 9.17) is 0 Å². The zero-order valence-corrected chi connectivity index (χ0v) is 9.21. The maximum atomic E-state index is 4.25. The van der Waals surface area contributed by atoms with Crippen LogP contribution in [-0.2, 0) is 0 Å². The normalized spacial score (nSPS) is 25.7. The number of hydrogen-bond donors (Lipinski definition) is 1. The van der Waals surface area contributed by atoms with Gasteiger partial charge >= 0.3 is 0 Å². The van der Waals surface area contributed by atoms with Crippen LogP contribution in [0.5, 0.6) is 0 Å². The molecule has 70 valence electrons. The maximum Gasteiger partial charge on any atom is 0.127 e. The number of rotatable bonds is 3. The van der Waals surface area contributed by atoms with Crippen molar-refractivity contribution in [1.29, 1.82) is 0 Å². The first-order valence-corrected chi connectivity index (χ1v) is 5.47. The lowest BCUT2D eigenvalue weighted by molar-refractivity contribution is 0.773. The molecule has 2 rings (SSSR count). The topological polar surface area (TPSA) is 24.9 Å². The molecule has 2 nitrogen and oxygen atoms in total. The highest BCUT2D eigenvalue weighted by Crippen LogP contribution is 2.35. The number of hydrogen-bond acceptors (Lipinski definition) is 2. The summed E-state index contributed by atoms with van der Waals surface area (Å²) in [5.74, 6) is 1.84. The van der Waals surface area contributed by atoms with Gasteiger partial charge in [-0.05, 0) is 24.5 Å². The third kappa shape index (κ3) is 2.21. The summed E-state index contributed by atoms with van der Waals surface area (Å²) in [5, 5.41) is 3.42. The van der Waals surface area contributed by atoms with Crippen LogP contribution in [0.25, 0.3) is 0 Å². The Kier molecular flexibility index (Phi) is 2.54. The predicted molar refractivity (Wildman–Crippen MR) is 57.7 cm³/mol. The van der Waals surface area contributed by atoms with E-state index in [0.29, 0.717) is 6.04 Å². The summed E-state index contributed by atoms with van der Waals surface area (Å²) >= 11 is 3.42. The third-order valence-corrected chi connectivity index (χ3v) is 3.00. The van der Waals surface area contributed by atoms with Crippen LogP contribution >= 0.6 is 15.9 Å². The average Bonchev–Trinajstić information content (AvgIpc) is 2.83. The lowest BCUT2D eigenvalue weighted by Crippen LogP contribution is -2.05. The SMILES string of the molecule is CCC1CC1Nc1cc(Br)ccn1. The second kappa shape index (κ2) is 3.66.